The minimum atomic E-state index is -0.432. The van der Waals surface area contributed by atoms with Gasteiger partial charge in [-0.05, 0) is 34.6 Å². The van der Waals surface area contributed by atoms with Crippen molar-refractivity contribution in [2.75, 3.05) is 11.9 Å². The van der Waals surface area contributed by atoms with Crippen molar-refractivity contribution in [3.8, 4) is 0 Å². The van der Waals surface area contributed by atoms with Crippen LogP contribution in [0.4, 0.5) is 10.5 Å². The van der Waals surface area contributed by atoms with Crippen LogP contribution in [0.1, 0.15) is 62.3 Å². The highest BCUT2D eigenvalue weighted by molar-refractivity contribution is 5.90. The second kappa shape index (κ2) is 8.67. The van der Waals surface area contributed by atoms with E-state index in [4.69, 9.17) is 0 Å². The number of benzene rings is 2. The van der Waals surface area contributed by atoms with Crippen molar-refractivity contribution in [3.05, 3.63) is 65.2 Å². The molecule has 2 aromatic carbocycles. The summed E-state index contributed by atoms with van der Waals surface area (Å²) in [7, 11) is 0. The van der Waals surface area contributed by atoms with E-state index in [1.165, 1.54) is 5.56 Å². The van der Waals surface area contributed by atoms with Crippen LogP contribution in [0.2, 0.25) is 0 Å². The third-order valence-electron chi connectivity index (χ3n) is 4.30. The van der Waals surface area contributed by atoms with Crippen LogP contribution < -0.4 is 10.6 Å². The quantitative estimate of drug-likeness (QED) is 0.708. The summed E-state index contributed by atoms with van der Waals surface area (Å²) in [4.78, 5) is 12.4. The molecule has 0 aliphatic rings. The topological polar surface area (TPSA) is 61.4 Å². The SMILES string of the molecule is CC(C)c1ccc(NC(=O)NC(CO)c2ccccc2)c(C(C)C)c1. The predicted molar refractivity (Wildman–Crippen MR) is 103 cm³/mol. The van der Waals surface area contributed by atoms with Gasteiger partial charge in [0, 0.05) is 5.69 Å². The molecule has 25 heavy (non-hydrogen) atoms. The molecular weight excluding hydrogens is 312 g/mol. The fraction of sp³-hybridized carbons (Fsp3) is 0.381. The van der Waals surface area contributed by atoms with Crippen LogP contribution in [0.5, 0.6) is 0 Å². The van der Waals surface area contributed by atoms with Crippen LogP contribution in [0, 0.1) is 0 Å². The largest absolute Gasteiger partial charge is 0.394 e. The van der Waals surface area contributed by atoms with Crippen molar-refractivity contribution >= 4 is 11.7 Å². The second-order valence-electron chi connectivity index (χ2n) is 6.90. The summed E-state index contributed by atoms with van der Waals surface area (Å²) in [5, 5.41) is 15.4. The van der Waals surface area contributed by atoms with E-state index in [0.29, 0.717) is 11.8 Å². The van der Waals surface area contributed by atoms with Crippen LogP contribution in [-0.4, -0.2) is 17.7 Å². The zero-order chi connectivity index (χ0) is 18.4. The van der Waals surface area contributed by atoms with Gasteiger partial charge in [0.25, 0.3) is 0 Å². The summed E-state index contributed by atoms with van der Waals surface area (Å²) in [6, 6.07) is 14.9. The molecule has 4 heteroatoms. The third-order valence-corrected chi connectivity index (χ3v) is 4.30. The molecule has 4 nitrogen and oxygen atoms in total. The van der Waals surface area contributed by atoms with Gasteiger partial charge < -0.3 is 15.7 Å². The van der Waals surface area contributed by atoms with E-state index in [-0.39, 0.29) is 12.6 Å². The van der Waals surface area contributed by atoms with Gasteiger partial charge in [-0.15, -0.1) is 0 Å². The molecular formula is C21H28N2O2. The fourth-order valence-electron chi connectivity index (χ4n) is 2.77. The van der Waals surface area contributed by atoms with Crippen molar-refractivity contribution in [1.29, 1.82) is 0 Å². The number of carbonyl (C=O) groups is 1. The lowest BCUT2D eigenvalue weighted by molar-refractivity contribution is 0.225. The third kappa shape index (κ3) is 5.07. The molecule has 0 aliphatic heterocycles. The standard InChI is InChI=1S/C21H28N2O2/c1-14(2)17-10-11-19(18(12-17)15(3)4)22-21(25)23-20(13-24)16-8-6-5-7-9-16/h5-12,14-15,20,24H,13H2,1-4H3,(H2,22,23,25). The number of amides is 2. The second-order valence-corrected chi connectivity index (χ2v) is 6.90. The molecule has 1 atom stereocenters. The molecule has 2 rings (SSSR count). The number of hydrogen-bond donors (Lipinski definition) is 3. The lowest BCUT2D eigenvalue weighted by Crippen LogP contribution is -2.34. The molecule has 0 saturated carbocycles. The highest BCUT2D eigenvalue weighted by atomic mass is 16.3. The van der Waals surface area contributed by atoms with Gasteiger partial charge in [-0.25, -0.2) is 4.79 Å². The normalized spacial score (nSPS) is 12.3. The van der Waals surface area contributed by atoms with Gasteiger partial charge in [0.05, 0.1) is 12.6 Å². The van der Waals surface area contributed by atoms with E-state index >= 15 is 0 Å². The Kier molecular flexibility index (Phi) is 6.59. The Bertz CT molecular complexity index is 696. The smallest absolute Gasteiger partial charge is 0.319 e. The minimum Gasteiger partial charge on any atom is -0.394 e. The van der Waals surface area contributed by atoms with Gasteiger partial charge in [0.15, 0.2) is 0 Å². The number of anilines is 1. The van der Waals surface area contributed by atoms with Gasteiger partial charge in [-0.2, -0.15) is 0 Å². The van der Waals surface area contributed by atoms with E-state index in [2.05, 4.69) is 44.4 Å². The van der Waals surface area contributed by atoms with Gasteiger partial charge in [-0.1, -0.05) is 70.2 Å². The van der Waals surface area contributed by atoms with Crippen molar-refractivity contribution in [3.63, 3.8) is 0 Å². The Hall–Kier alpha value is -2.33. The molecule has 0 spiro atoms. The number of carbonyl (C=O) groups excluding carboxylic acids is 1. The number of nitrogens with one attached hydrogen (secondary N) is 2. The van der Waals surface area contributed by atoms with Crippen LogP contribution in [0.3, 0.4) is 0 Å². The molecule has 0 bridgehead atoms. The number of aliphatic hydroxyl groups excluding tert-OH is 1. The Morgan fingerprint density at radius 1 is 0.960 bits per heavy atom. The molecule has 0 aliphatic carbocycles. The monoisotopic (exact) mass is 340 g/mol. The molecule has 0 saturated heterocycles. The first kappa shape index (κ1) is 19.0. The van der Waals surface area contributed by atoms with Crippen molar-refractivity contribution in [1.82, 2.24) is 5.32 Å². The van der Waals surface area contributed by atoms with Gasteiger partial charge in [0.1, 0.15) is 0 Å². The molecule has 0 fully saturated rings. The van der Waals surface area contributed by atoms with E-state index in [1.54, 1.807) is 0 Å². The summed E-state index contributed by atoms with van der Waals surface area (Å²) in [6.07, 6.45) is 0. The molecule has 0 heterocycles. The summed E-state index contributed by atoms with van der Waals surface area (Å²) in [6.45, 7) is 8.39. The van der Waals surface area contributed by atoms with E-state index in [0.717, 1.165) is 16.8 Å². The summed E-state index contributed by atoms with van der Waals surface area (Å²) >= 11 is 0. The average Bonchev–Trinajstić information content (AvgIpc) is 2.60. The number of rotatable bonds is 6. The van der Waals surface area contributed by atoms with Crippen LogP contribution in [-0.2, 0) is 0 Å². The zero-order valence-corrected chi connectivity index (χ0v) is 15.4. The number of hydrogen-bond acceptors (Lipinski definition) is 2. The van der Waals surface area contributed by atoms with Crippen LogP contribution >= 0.6 is 0 Å². The lowest BCUT2D eigenvalue weighted by Gasteiger charge is -2.20. The first-order valence-corrected chi connectivity index (χ1v) is 8.79. The van der Waals surface area contributed by atoms with Gasteiger partial charge in [-0.3, -0.25) is 0 Å². The van der Waals surface area contributed by atoms with Gasteiger partial charge >= 0.3 is 6.03 Å². The summed E-state index contributed by atoms with van der Waals surface area (Å²) in [5.74, 6) is 0.744. The van der Waals surface area contributed by atoms with Crippen LogP contribution in [0.25, 0.3) is 0 Å². The molecule has 1 unspecified atom stereocenters. The highest BCUT2D eigenvalue weighted by Crippen LogP contribution is 2.28. The first-order chi connectivity index (χ1) is 11.9. The maximum atomic E-state index is 12.4. The molecule has 2 amide bonds. The summed E-state index contributed by atoms with van der Waals surface area (Å²) < 4.78 is 0. The summed E-state index contributed by atoms with van der Waals surface area (Å²) in [5.41, 5.74) is 4.05. The lowest BCUT2D eigenvalue weighted by atomic mass is 9.94. The van der Waals surface area contributed by atoms with E-state index in [9.17, 15) is 9.90 Å². The molecule has 0 radical (unpaired) electrons. The van der Waals surface area contributed by atoms with Crippen molar-refractivity contribution < 1.29 is 9.90 Å². The molecule has 2 aromatic rings. The molecule has 0 aromatic heterocycles. The Balaban J connectivity index is 2.14. The Morgan fingerprint density at radius 3 is 2.20 bits per heavy atom. The average molecular weight is 340 g/mol. The maximum absolute atomic E-state index is 12.4. The fourth-order valence-corrected chi connectivity index (χ4v) is 2.77. The predicted octanol–water partition coefficient (Wildman–Crippen LogP) is 4.79. The van der Waals surface area contributed by atoms with Crippen molar-refractivity contribution in [2.45, 2.75) is 45.6 Å². The van der Waals surface area contributed by atoms with Crippen LogP contribution in [0.15, 0.2) is 48.5 Å². The van der Waals surface area contributed by atoms with Crippen molar-refractivity contribution in [2.24, 2.45) is 0 Å². The minimum absolute atomic E-state index is 0.152. The highest BCUT2D eigenvalue weighted by Gasteiger charge is 2.16. The maximum Gasteiger partial charge on any atom is 0.319 e. The Labute approximate surface area is 150 Å². The zero-order valence-electron chi connectivity index (χ0n) is 15.4. The molecule has 3 N–H and O–H groups in total. The van der Waals surface area contributed by atoms with Gasteiger partial charge in [0.2, 0.25) is 0 Å². The number of aliphatic hydroxyl groups is 1. The number of urea groups is 1. The molecule has 134 valence electrons. The van der Waals surface area contributed by atoms with E-state index in [1.807, 2.05) is 42.5 Å². The first-order valence-electron chi connectivity index (χ1n) is 8.79. The van der Waals surface area contributed by atoms with E-state index < -0.39 is 6.04 Å². The Morgan fingerprint density at radius 2 is 1.64 bits per heavy atom.